The van der Waals surface area contributed by atoms with E-state index in [-0.39, 0.29) is 17.7 Å². The number of aliphatic hydroxyl groups is 1. The fraction of sp³-hybridized carbons (Fsp3) is 0.133. The summed E-state index contributed by atoms with van der Waals surface area (Å²) in [5.74, 6) is -3.10. The van der Waals surface area contributed by atoms with Crippen LogP contribution in [0.4, 0.5) is 13.2 Å². The molecule has 0 aliphatic rings. The number of nitrogens with one attached hydrogen (secondary N) is 1. The molecular formula is C15H12F3NO2. The number of hydrogen-bond acceptors (Lipinski definition) is 2. The summed E-state index contributed by atoms with van der Waals surface area (Å²) in [4.78, 5) is 11.7. The van der Waals surface area contributed by atoms with Gasteiger partial charge < -0.3 is 10.4 Å². The topological polar surface area (TPSA) is 49.3 Å². The van der Waals surface area contributed by atoms with Crippen LogP contribution >= 0.6 is 0 Å². The van der Waals surface area contributed by atoms with Crippen LogP contribution in [0.1, 0.15) is 22.0 Å². The van der Waals surface area contributed by atoms with Gasteiger partial charge in [0.2, 0.25) is 0 Å². The summed E-state index contributed by atoms with van der Waals surface area (Å²) >= 11 is 0. The number of amides is 1. The van der Waals surface area contributed by atoms with Gasteiger partial charge in [0.15, 0.2) is 0 Å². The lowest BCUT2D eigenvalue weighted by Crippen LogP contribution is -2.29. The van der Waals surface area contributed by atoms with Gasteiger partial charge in [-0.25, -0.2) is 13.2 Å². The molecule has 0 spiro atoms. The Bertz CT molecular complexity index is 661. The van der Waals surface area contributed by atoms with Crippen molar-refractivity contribution >= 4 is 5.91 Å². The van der Waals surface area contributed by atoms with Crippen LogP contribution in [0.15, 0.2) is 42.5 Å². The maximum atomic E-state index is 13.4. The molecule has 0 saturated heterocycles. The Morgan fingerprint density at radius 3 is 2.48 bits per heavy atom. The Hall–Kier alpha value is -2.34. The first-order valence-electron chi connectivity index (χ1n) is 6.15. The summed E-state index contributed by atoms with van der Waals surface area (Å²) in [5, 5.41) is 12.1. The first-order chi connectivity index (χ1) is 9.99. The average molecular weight is 295 g/mol. The Kier molecular flexibility index (Phi) is 4.59. The van der Waals surface area contributed by atoms with Gasteiger partial charge in [0.1, 0.15) is 17.5 Å². The Labute approximate surface area is 119 Å². The van der Waals surface area contributed by atoms with Crippen LogP contribution in [0.25, 0.3) is 0 Å². The largest absolute Gasteiger partial charge is 0.386 e. The van der Waals surface area contributed by atoms with Crippen molar-refractivity contribution < 1.29 is 23.1 Å². The predicted molar refractivity (Wildman–Crippen MR) is 70.1 cm³/mol. The summed E-state index contributed by atoms with van der Waals surface area (Å²) in [6.45, 7) is -0.324. The normalized spacial score (nSPS) is 12.0. The van der Waals surface area contributed by atoms with Gasteiger partial charge in [0, 0.05) is 18.2 Å². The molecule has 0 aliphatic heterocycles. The molecule has 3 nitrogen and oxygen atoms in total. The first-order valence-corrected chi connectivity index (χ1v) is 6.15. The number of hydrogen-bond donors (Lipinski definition) is 2. The third-order valence-corrected chi connectivity index (χ3v) is 2.90. The molecule has 1 unspecified atom stereocenters. The zero-order chi connectivity index (χ0) is 15.4. The molecule has 0 heterocycles. The molecule has 1 amide bonds. The quantitative estimate of drug-likeness (QED) is 0.911. The van der Waals surface area contributed by atoms with E-state index in [0.717, 1.165) is 18.2 Å². The third kappa shape index (κ3) is 3.61. The van der Waals surface area contributed by atoms with E-state index >= 15 is 0 Å². The second kappa shape index (κ2) is 6.41. The molecular weight excluding hydrogens is 283 g/mol. The highest BCUT2D eigenvalue weighted by Gasteiger charge is 2.16. The summed E-state index contributed by atoms with van der Waals surface area (Å²) in [6, 6.07) is 8.07. The molecule has 110 valence electrons. The van der Waals surface area contributed by atoms with Gasteiger partial charge in [0.25, 0.3) is 5.91 Å². The van der Waals surface area contributed by atoms with Crippen LogP contribution in [0.5, 0.6) is 0 Å². The Balaban J connectivity index is 2.02. The minimum atomic E-state index is -1.36. The maximum Gasteiger partial charge on any atom is 0.254 e. The number of carbonyl (C=O) groups excluding carboxylic acids is 1. The summed E-state index contributed by atoms with van der Waals surface area (Å²) in [6.07, 6.45) is -1.36. The summed E-state index contributed by atoms with van der Waals surface area (Å²) < 4.78 is 39.6. The van der Waals surface area contributed by atoms with Crippen LogP contribution < -0.4 is 5.32 Å². The van der Waals surface area contributed by atoms with E-state index < -0.39 is 29.5 Å². The SMILES string of the molecule is O=C(NCC(O)c1ccc(F)cc1F)c1ccccc1F. The van der Waals surface area contributed by atoms with E-state index in [4.69, 9.17) is 0 Å². The van der Waals surface area contributed by atoms with Crippen LogP contribution in [-0.4, -0.2) is 17.6 Å². The van der Waals surface area contributed by atoms with Crippen molar-refractivity contribution in [2.24, 2.45) is 0 Å². The fourth-order valence-electron chi connectivity index (χ4n) is 1.81. The molecule has 2 N–H and O–H groups in total. The van der Waals surface area contributed by atoms with Crippen molar-refractivity contribution in [2.75, 3.05) is 6.54 Å². The summed E-state index contributed by atoms with van der Waals surface area (Å²) in [7, 11) is 0. The van der Waals surface area contributed by atoms with Gasteiger partial charge in [-0.2, -0.15) is 0 Å². The van der Waals surface area contributed by atoms with E-state index in [0.29, 0.717) is 6.07 Å². The second-order valence-electron chi connectivity index (χ2n) is 4.37. The minimum Gasteiger partial charge on any atom is -0.386 e. The molecule has 21 heavy (non-hydrogen) atoms. The number of carbonyl (C=O) groups is 1. The lowest BCUT2D eigenvalue weighted by Gasteiger charge is -2.13. The highest BCUT2D eigenvalue weighted by Crippen LogP contribution is 2.17. The zero-order valence-electron chi connectivity index (χ0n) is 10.8. The highest BCUT2D eigenvalue weighted by atomic mass is 19.1. The third-order valence-electron chi connectivity index (χ3n) is 2.90. The molecule has 1 atom stereocenters. The van der Waals surface area contributed by atoms with Crippen molar-refractivity contribution in [1.29, 1.82) is 0 Å². The van der Waals surface area contributed by atoms with E-state index in [9.17, 15) is 23.1 Å². The number of rotatable bonds is 4. The van der Waals surface area contributed by atoms with E-state index in [1.165, 1.54) is 18.2 Å². The summed E-state index contributed by atoms with van der Waals surface area (Å²) in [5.41, 5.74) is -0.325. The number of benzene rings is 2. The molecule has 0 aliphatic carbocycles. The highest BCUT2D eigenvalue weighted by molar-refractivity contribution is 5.94. The molecule has 2 aromatic rings. The van der Waals surface area contributed by atoms with E-state index in [1.54, 1.807) is 0 Å². The average Bonchev–Trinajstić information content (AvgIpc) is 2.45. The van der Waals surface area contributed by atoms with E-state index in [1.807, 2.05) is 0 Å². The van der Waals surface area contributed by atoms with Crippen LogP contribution in [-0.2, 0) is 0 Å². The number of halogens is 3. The minimum absolute atomic E-state index is 0.148. The molecule has 2 aromatic carbocycles. The van der Waals surface area contributed by atoms with Crippen molar-refractivity contribution in [2.45, 2.75) is 6.10 Å². The van der Waals surface area contributed by atoms with Crippen molar-refractivity contribution in [1.82, 2.24) is 5.32 Å². The predicted octanol–water partition coefficient (Wildman–Crippen LogP) is 2.57. The lowest BCUT2D eigenvalue weighted by molar-refractivity contribution is 0.0910. The Morgan fingerprint density at radius 2 is 1.81 bits per heavy atom. The van der Waals surface area contributed by atoms with Crippen LogP contribution in [0.2, 0.25) is 0 Å². The molecule has 0 fully saturated rings. The molecule has 0 bridgehead atoms. The standard InChI is InChI=1S/C15H12F3NO2/c16-9-5-6-10(13(18)7-9)14(20)8-19-15(21)11-3-1-2-4-12(11)17/h1-7,14,20H,8H2,(H,19,21). The van der Waals surface area contributed by atoms with Gasteiger partial charge >= 0.3 is 0 Å². The lowest BCUT2D eigenvalue weighted by atomic mass is 10.1. The molecule has 0 aromatic heterocycles. The van der Waals surface area contributed by atoms with Gasteiger partial charge in [-0.05, 0) is 18.2 Å². The van der Waals surface area contributed by atoms with Crippen molar-refractivity contribution in [3.05, 3.63) is 71.0 Å². The molecule has 6 heteroatoms. The fourth-order valence-corrected chi connectivity index (χ4v) is 1.81. The van der Waals surface area contributed by atoms with Gasteiger partial charge in [0.05, 0.1) is 11.7 Å². The van der Waals surface area contributed by atoms with Gasteiger partial charge in [-0.15, -0.1) is 0 Å². The molecule has 0 radical (unpaired) electrons. The second-order valence-corrected chi connectivity index (χ2v) is 4.37. The Morgan fingerprint density at radius 1 is 1.10 bits per heavy atom. The monoisotopic (exact) mass is 295 g/mol. The van der Waals surface area contributed by atoms with Crippen molar-refractivity contribution in [3.63, 3.8) is 0 Å². The first kappa shape index (κ1) is 15.1. The smallest absolute Gasteiger partial charge is 0.254 e. The van der Waals surface area contributed by atoms with Gasteiger partial charge in [-0.1, -0.05) is 18.2 Å². The van der Waals surface area contributed by atoms with Crippen molar-refractivity contribution in [3.8, 4) is 0 Å². The molecule has 2 rings (SSSR count). The van der Waals surface area contributed by atoms with Crippen LogP contribution in [0.3, 0.4) is 0 Å². The zero-order valence-corrected chi connectivity index (χ0v) is 10.8. The van der Waals surface area contributed by atoms with E-state index in [2.05, 4.69) is 5.32 Å². The maximum absolute atomic E-state index is 13.4. The molecule has 0 saturated carbocycles. The van der Waals surface area contributed by atoms with Gasteiger partial charge in [-0.3, -0.25) is 4.79 Å². The number of aliphatic hydroxyl groups excluding tert-OH is 1. The van der Waals surface area contributed by atoms with Crippen LogP contribution in [0, 0.1) is 17.5 Å².